The Morgan fingerprint density at radius 2 is 1.85 bits per heavy atom. The van der Waals surface area contributed by atoms with Crippen molar-refractivity contribution in [2.75, 3.05) is 18.7 Å². The molecule has 5 nitrogen and oxygen atoms in total. The van der Waals surface area contributed by atoms with E-state index in [4.69, 9.17) is 9.47 Å². The predicted molar refractivity (Wildman–Crippen MR) is 101 cm³/mol. The van der Waals surface area contributed by atoms with Crippen molar-refractivity contribution >= 4 is 11.6 Å². The Morgan fingerprint density at radius 3 is 2.54 bits per heavy atom. The summed E-state index contributed by atoms with van der Waals surface area (Å²) >= 11 is 0. The zero-order valence-electron chi connectivity index (χ0n) is 15.6. The molecule has 2 aromatic carbocycles. The molecule has 0 fully saturated rings. The Balaban J connectivity index is 1.59. The lowest BCUT2D eigenvalue weighted by Crippen LogP contribution is -2.88. The van der Waals surface area contributed by atoms with Gasteiger partial charge in [0, 0.05) is 23.2 Å². The van der Waals surface area contributed by atoms with Gasteiger partial charge in [0.25, 0.3) is 5.91 Å². The Kier molecular flexibility index (Phi) is 5.78. The number of carbonyl (C=O) groups excluding carboxylic acids is 1. The summed E-state index contributed by atoms with van der Waals surface area (Å²) in [5.41, 5.74) is 3.31. The van der Waals surface area contributed by atoms with Gasteiger partial charge in [-0.25, -0.2) is 0 Å². The Morgan fingerprint density at radius 1 is 1.12 bits per heavy atom. The summed E-state index contributed by atoms with van der Waals surface area (Å²) in [5, 5.41) is 5.03. The first-order valence-corrected chi connectivity index (χ1v) is 9.18. The van der Waals surface area contributed by atoms with Crippen LogP contribution in [-0.4, -0.2) is 19.2 Å². The molecule has 1 aliphatic heterocycles. The lowest BCUT2D eigenvalue weighted by atomic mass is 9.95. The molecule has 0 aromatic heterocycles. The van der Waals surface area contributed by atoms with Gasteiger partial charge >= 0.3 is 0 Å². The molecule has 0 radical (unpaired) electrons. The van der Waals surface area contributed by atoms with Crippen molar-refractivity contribution in [1.82, 2.24) is 0 Å². The number of nitrogens with two attached hydrogens (primary N) is 1. The highest BCUT2D eigenvalue weighted by atomic mass is 16.7. The van der Waals surface area contributed by atoms with E-state index in [-0.39, 0.29) is 18.7 Å². The van der Waals surface area contributed by atoms with Crippen LogP contribution in [0.15, 0.2) is 42.5 Å². The first-order chi connectivity index (χ1) is 12.6. The summed E-state index contributed by atoms with van der Waals surface area (Å²) in [7, 11) is 0. The minimum atomic E-state index is -0.0281. The third-order valence-electron chi connectivity index (χ3n) is 4.70. The first kappa shape index (κ1) is 18.3. The maximum atomic E-state index is 12.4. The molecule has 0 aliphatic carbocycles. The predicted octanol–water partition coefficient (Wildman–Crippen LogP) is 2.88. The minimum absolute atomic E-state index is 0.0281. The Bertz CT molecular complexity index is 756. The van der Waals surface area contributed by atoms with Crippen LogP contribution in [0.1, 0.15) is 37.9 Å². The van der Waals surface area contributed by atoms with E-state index >= 15 is 0 Å². The molecule has 1 heterocycles. The SMILES string of the molecule is CCc1ccc([C@H]([NH2+]CC(=O)Nc2ccc3c(c2)OCO3)C(C)C)cc1. The van der Waals surface area contributed by atoms with Crippen LogP contribution in [0.25, 0.3) is 0 Å². The topological polar surface area (TPSA) is 64.2 Å². The first-order valence-electron chi connectivity index (χ1n) is 9.18. The number of fused-ring (bicyclic) bond motifs is 1. The fourth-order valence-electron chi connectivity index (χ4n) is 3.19. The number of hydrogen-bond acceptors (Lipinski definition) is 3. The normalized spacial score (nSPS) is 13.7. The van der Waals surface area contributed by atoms with Crippen LogP contribution in [0, 0.1) is 5.92 Å². The van der Waals surface area contributed by atoms with E-state index < -0.39 is 0 Å². The van der Waals surface area contributed by atoms with Crippen LogP contribution in [-0.2, 0) is 11.2 Å². The average Bonchev–Trinajstić information content (AvgIpc) is 3.10. The molecular formula is C21H27N2O3+. The van der Waals surface area contributed by atoms with E-state index in [1.165, 1.54) is 11.1 Å². The van der Waals surface area contributed by atoms with Gasteiger partial charge in [-0.3, -0.25) is 4.79 Å². The molecule has 3 N–H and O–H groups in total. The van der Waals surface area contributed by atoms with Crippen LogP contribution in [0.3, 0.4) is 0 Å². The molecule has 0 unspecified atom stereocenters. The van der Waals surface area contributed by atoms with Gasteiger partial charge in [-0.1, -0.05) is 45.0 Å². The summed E-state index contributed by atoms with van der Waals surface area (Å²) in [4.78, 5) is 12.4. The van der Waals surface area contributed by atoms with Crippen molar-refractivity contribution in [2.45, 2.75) is 33.2 Å². The van der Waals surface area contributed by atoms with Crippen molar-refractivity contribution in [3.63, 3.8) is 0 Å². The van der Waals surface area contributed by atoms with E-state index in [1.807, 2.05) is 12.1 Å². The average molecular weight is 355 g/mol. The van der Waals surface area contributed by atoms with E-state index in [9.17, 15) is 4.79 Å². The monoisotopic (exact) mass is 355 g/mol. The standard InChI is InChI=1S/C21H26N2O3/c1-4-15-5-7-16(8-6-15)21(14(2)3)22-12-20(24)23-17-9-10-18-19(11-17)26-13-25-18/h5-11,14,21-22H,4,12-13H2,1-3H3,(H,23,24)/p+1/t21-/m1/s1. The van der Waals surface area contributed by atoms with Crippen LogP contribution in [0.2, 0.25) is 0 Å². The highest BCUT2D eigenvalue weighted by molar-refractivity contribution is 5.91. The third-order valence-corrected chi connectivity index (χ3v) is 4.70. The van der Waals surface area contributed by atoms with E-state index in [2.05, 4.69) is 55.7 Å². The number of rotatable bonds is 7. The summed E-state index contributed by atoms with van der Waals surface area (Å²) < 4.78 is 10.6. The molecular weight excluding hydrogens is 328 g/mol. The smallest absolute Gasteiger partial charge is 0.279 e. The van der Waals surface area contributed by atoms with Gasteiger partial charge in [-0.2, -0.15) is 0 Å². The molecule has 1 atom stereocenters. The molecule has 1 aliphatic rings. The number of amides is 1. The van der Waals surface area contributed by atoms with Crippen molar-refractivity contribution in [2.24, 2.45) is 5.92 Å². The third kappa shape index (κ3) is 4.35. The Labute approximate surface area is 154 Å². The van der Waals surface area contributed by atoms with Crippen molar-refractivity contribution in [3.8, 4) is 11.5 Å². The second kappa shape index (κ2) is 8.23. The number of aryl methyl sites for hydroxylation is 1. The van der Waals surface area contributed by atoms with Crippen LogP contribution in [0.4, 0.5) is 5.69 Å². The molecule has 0 saturated carbocycles. The zero-order chi connectivity index (χ0) is 18.5. The maximum Gasteiger partial charge on any atom is 0.279 e. The van der Waals surface area contributed by atoms with Crippen molar-refractivity contribution < 1.29 is 19.6 Å². The summed E-state index contributed by atoms with van der Waals surface area (Å²) in [6.07, 6.45) is 1.04. The van der Waals surface area contributed by atoms with Crippen molar-refractivity contribution in [1.29, 1.82) is 0 Å². The fourth-order valence-corrected chi connectivity index (χ4v) is 3.19. The molecule has 3 rings (SSSR count). The molecule has 2 aromatic rings. The lowest BCUT2D eigenvalue weighted by Gasteiger charge is -2.20. The van der Waals surface area contributed by atoms with E-state index in [1.54, 1.807) is 6.07 Å². The number of hydrogen-bond donors (Lipinski definition) is 2. The lowest BCUT2D eigenvalue weighted by molar-refractivity contribution is -0.692. The number of ether oxygens (including phenoxy) is 2. The van der Waals surface area contributed by atoms with Gasteiger partial charge in [-0.05, 0) is 24.1 Å². The highest BCUT2D eigenvalue weighted by Crippen LogP contribution is 2.34. The largest absolute Gasteiger partial charge is 0.454 e. The molecule has 5 heteroatoms. The number of quaternary nitrogens is 1. The van der Waals surface area contributed by atoms with Gasteiger partial charge in [-0.15, -0.1) is 0 Å². The number of carbonyl (C=O) groups is 1. The van der Waals surface area contributed by atoms with Crippen molar-refractivity contribution in [3.05, 3.63) is 53.6 Å². The number of benzene rings is 2. The fraction of sp³-hybridized carbons (Fsp3) is 0.381. The summed E-state index contributed by atoms with van der Waals surface area (Å²) in [6.45, 7) is 7.12. The van der Waals surface area contributed by atoms with Crippen LogP contribution < -0.4 is 20.1 Å². The number of nitrogens with one attached hydrogen (secondary N) is 1. The van der Waals surface area contributed by atoms with Gasteiger partial charge < -0.3 is 20.1 Å². The van der Waals surface area contributed by atoms with Gasteiger partial charge in [0.1, 0.15) is 6.04 Å². The highest BCUT2D eigenvalue weighted by Gasteiger charge is 2.21. The molecule has 0 spiro atoms. The van der Waals surface area contributed by atoms with Gasteiger partial charge in [0.15, 0.2) is 18.0 Å². The van der Waals surface area contributed by atoms with Crippen LogP contribution >= 0.6 is 0 Å². The van der Waals surface area contributed by atoms with Crippen LogP contribution in [0.5, 0.6) is 11.5 Å². The second-order valence-corrected chi connectivity index (χ2v) is 6.92. The molecule has 1 amide bonds. The molecule has 0 bridgehead atoms. The maximum absolute atomic E-state index is 12.4. The second-order valence-electron chi connectivity index (χ2n) is 6.92. The number of anilines is 1. The van der Waals surface area contributed by atoms with E-state index in [0.717, 1.165) is 12.1 Å². The zero-order valence-corrected chi connectivity index (χ0v) is 15.6. The molecule has 26 heavy (non-hydrogen) atoms. The minimum Gasteiger partial charge on any atom is -0.454 e. The van der Waals surface area contributed by atoms with E-state index in [0.29, 0.717) is 24.0 Å². The van der Waals surface area contributed by atoms with Gasteiger partial charge in [0.2, 0.25) is 6.79 Å². The summed E-state index contributed by atoms with van der Waals surface area (Å²) in [6, 6.07) is 14.4. The molecule has 138 valence electrons. The molecule has 0 saturated heterocycles. The Hall–Kier alpha value is -2.53. The summed E-state index contributed by atoms with van der Waals surface area (Å²) in [5.74, 6) is 1.79. The quantitative estimate of drug-likeness (QED) is 0.803. The van der Waals surface area contributed by atoms with Gasteiger partial charge in [0.05, 0.1) is 0 Å².